The van der Waals surface area contributed by atoms with Crippen LogP contribution in [0.4, 0.5) is 4.39 Å². The van der Waals surface area contributed by atoms with E-state index in [4.69, 9.17) is 23.8 Å². The fourth-order valence-electron chi connectivity index (χ4n) is 1.92. The van der Waals surface area contributed by atoms with Crippen molar-refractivity contribution >= 4 is 23.8 Å². The zero-order valence-corrected chi connectivity index (χ0v) is 11.7. The van der Waals surface area contributed by atoms with E-state index < -0.39 is 0 Å². The van der Waals surface area contributed by atoms with Crippen LogP contribution in [0, 0.1) is 10.6 Å². The van der Waals surface area contributed by atoms with Crippen molar-refractivity contribution in [2.75, 3.05) is 0 Å². The quantitative estimate of drug-likeness (QED) is 0.712. The number of aromatic amines is 1. The van der Waals surface area contributed by atoms with Crippen LogP contribution in [-0.4, -0.2) is 14.8 Å². The summed E-state index contributed by atoms with van der Waals surface area (Å²) < 4.78 is 15.2. The summed E-state index contributed by atoms with van der Waals surface area (Å²) in [5.41, 5.74) is 1.61. The normalized spacial score (nSPS) is 10.7. The maximum absolute atomic E-state index is 13.0. The molecule has 0 saturated carbocycles. The number of benzene rings is 2. The molecule has 0 aliphatic rings. The van der Waals surface area contributed by atoms with Crippen LogP contribution in [0.2, 0.25) is 5.02 Å². The molecule has 0 fully saturated rings. The van der Waals surface area contributed by atoms with Crippen LogP contribution < -0.4 is 0 Å². The minimum absolute atomic E-state index is 0.291. The smallest absolute Gasteiger partial charge is 0.200 e. The fraction of sp³-hybridized carbons (Fsp3) is 0. The Hall–Kier alpha value is -1.98. The summed E-state index contributed by atoms with van der Waals surface area (Å²) in [5, 5.41) is 7.60. The molecule has 1 N–H and O–H groups in total. The lowest BCUT2D eigenvalue weighted by Crippen LogP contribution is -1.97. The Labute approximate surface area is 124 Å². The molecule has 0 aliphatic heterocycles. The van der Waals surface area contributed by atoms with Crippen molar-refractivity contribution in [2.45, 2.75) is 0 Å². The molecule has 0 saturated heterocycles. The summed E-state index contributed by atoms with van der Waals surface area (Å²) in [6.45, 7) is 0. The van der Waals surface area contributed by atoms with Crippen LogP contribution in [-0.2, 0) is 0 Å². The van der Waals surface area contributed by atoms with Gasteiger partial charge in [-0.3, -0.25) is 9.67 Å². The molecule has 0 bridgehead atoms. The van der Waals surface area contributed by atoms with Crippen LogP contribution in [0.25, 0.3) is 17.1 Å². The molecule has 0 atom stereocenters. The van der Waals surface area contributed by atoms with Crippen molar-refractivity contribution in [3.63, 3.8) is 0 Å². The van der Waals surface area contributed by atoms with E-state index in [-0.39, 0.29) is 5.82 Å². The maximum atomic E-state index is 13.0. The molecular formula is C14H9ClFN3S. The maximum Gasteiger partial charge on any atom is 0.200 e. The van der Waals surface area contributed by atoms with Gasteiger partial charge in [0.25, 0.3) is 0 Å². The van der Waals surface area contributed by atoms with Crippen molar-refractivity contribution in [3.05, 3.63) is 64.1 Å². The van der Waals surface area contributed by atoms with Crippen LogP contribution in [0.1, 0.15) is 0 Å². The molecule has 20 heavy (non-hydrogen) atoms. The summed E-state index contributed by atoms with van der Waals surface area (Å²) in [7, 11) is 0. The lowest BCUT2D eigenvalue weighted by atomic mass is 10.2. The number of rotatable bonds is 2. The Balaban J connectivity index is 2.17. The minimum atomic E-state index is -0.291. The van der Waals surface area contributed by atoms with Gasteiger partial charge in [-0.1, -0.05) is 11.6 Å². The molecule has 3 rings (SSSR count). The van der Waals surface area contributed by atoms with E-state index in [0.717, 1.165) is 11.3 Å². The molecule has 0 spiro atoms. The van der Waals surface area contributed by atoms with Crippen LogP contribution in [0.3, 0.4) is 0 Å². The lowest BCUT2D eigenvalue weighted by Gasteiger charge is -2.07. The monoisotopic (exact) mass is 305 g/mol. The number of nitrogens with one attached hydrogen (secondary N) is 1. The molecule has 100 valence electrons. The van der Waals surface area contributed by atoms with E-state index in [1.54, 1.807) is 28.8 Å². The number of hydrogen-bond acceptors (Lipinski definition) is 2. The largest absolute Gasteiger partial charge is 0.268 e. The van der Waals surface area contributed by atoms with E-state index in [2.05, 4.69) is 10.2 Å². The van der Waals surface area contributed by atoms with E-state index in [1.807, 2.05) is 12.1 Å². The van der Waals surface area contributed by atoms with Crippen LogP contribution >= 0.6 is 23.8 Å². The van der Waals surface area contributed by atoms with Gasteiger partial charge in [-0.25, -0.2) is 4.39 Å². The summed E-state index contributed by atoms with van der Waals surface area (Å²) in [6.07, 6.45) is 0. The number of aromatic nitrogens is 3. The first-order chi connectivity index (χ1) is 9.65. The number of hydrogen-bond donors (Lipinski definition) is 1. The highest BCUT2D eigenvalue weighted by atomic mass is 35.5. The molecule has 6 heteroatoms. The van der Waals surface area contributed by atoms with Gasteiger partial charge >= 0.3 is 0 Å². The second kappa shape index (κ2) is 5.19. The summed E-state index contributed by atoms with van der Waals surface area (Å²) in [6, 6.07) is 13.3. The highest BCUT2D eigenvalue weighted by molar-refractivity contribution is 7.71. The average Bonchev–Trinajstić information content (AvgIpc) is 2.83. The molecule has 3 nitrogen and oxygen atoms in total. The predicted molar refractivity (Wildman–Crippen MR) is 79.2 cm³/mol. The van der Waals surface area contributed by atoms with Gasteiger partial charge in [0.1, 0.15) is 5.82 Å². The van der Waals surface area contributed by atoms with E-state index in [9.17, 15) is 4.39 Å². The van der Waals surface area contributed by atoms with Gasteiger partial charge in [-0.05, 0) is 60.7 Å². The second-order valence-electron chi connectivity index (χ2n) is 4.17. The van der Waals surface area contributed by atoms with Crippen molar-refractivity contribution in [3.8, 4) is 17.1 Å². The number of nitrogens with zero attached hydrogens (tertiary/aromatic N) is 2. The standard InChI is InChI=1S/C14H9ClFN3S/c15-10-3-7-12(8-4-10)19-13(17-18-14(19)20)9-1-5-11(16)6-2-9/h1-8H,(H,18,20). The molecule has 0 amide bonds. The molecule has 2 aromatic carbocycles. The Morgan fingerprint density at radius 3 is 2.35 bits per heavy atom. The Kier molecular flexibility index (Phi) is 3.38. The lowest BCUT2D eigenvalue weighted by molar-refractivity contribution is 0.628. The van der Waals surface area contributed by atoms with Gasteiger partial charge in [0, 0.05) is 10.6 Å². The molecular weight excluding hydrogens is 297 g/mol. The third-order valence-electron chi connectivity index (χ3n) is 2.86. The van der Waals surface area contributed by atoms with E-state index in [0.29, 0.717) is 15.6 Å². The van der Waals surface area contributed by atoms with Crippen LogP contribution in [0.5, 0.6) is 0 Å². The third kappa shape index (κ3) is 2.37. The summed E-state index contributed by atoms with van der Waals surface area (Å²) >= 11 is 11.1. The van der Waals surface area contributed by atoms with Crippen molar-refractivity contribution < 1.29 is 4.39 Å². The molecule has 0 radical (unpaired) electrons. The SMILES string of the molecule is Fc1ccc(-c2n[nH]c(=S)n2-c2ccc(Cl)cc2)cc1. The predicted octanol–water partition coefficient (Wildman–Crippen LogP) is 4.39. The minimum Gasteiger partial charge on any atom is -0.268 e. The number of halogens is 2. The highest BCUT2D eigenvalue weighted by Crippen LogP contribution is 2.22. The Morgan fingerprint density at radius 2 is 1.70 bits per heavy atom. The van der Waals surface area contributed by atoms with Gasteiger partial charge in [0.2, 0.25) is 0 Å². The zero-order valence-electron chi connectivity index (χ0n) is 10.2. The molecule has 0 aliphatic carbocycles. The molecule has 3 aromatic rings. The molecule has 0 unspecified atom stereocenters. The fourth-order valence-corrected chi connectivity index (χ4v) is 2.28. The van der Waals surface area contributed by atoms with Crippen molar-refractivity contribution in [1.82, 2.24) is 14.8 Å². The Morgan fingerprint density at radius 1 is 1.05 bits per heavy atom. The van der Waals surface area contributed by atoms with E-state index >= 15 is 0 Å². The van der Waals surface area contributed by atoms with Gasteiger partial charge in [-0.15, -0.1) is 0 Å². The van der Waals surface area contributed by atoms with Crippen molar-refractivity contribution in [1.29, 1.82) is 0 Å². The zero-order chi connectivity index (χ0) is 14.1. The van der Waals surface area contributed by atoms with Crippen LogP contribution in [0.15, 0.2) is 48.5 Å². The first-order valence-corrected chi connectivity index (χ1v) is 6.63. The topological polar surface area (TPSA) is 33.6 Å². The average molecular weight is 306 g/mol. The van der Waals surface area contributed by atoms with Gasteiger partial charge < -0.3 is 0 Å². The molecule has 1 heterocycles. The van der Waals surface area contributed by atoms with Gasteiger partial charge in [0.15, 0.2) is 10.6 Å². The second-order valence-corrected chi connectivity index (χ2v) is 4.99. The van der Waals surface area contributed by atoms with Crippen molar-refractivity contribution in [2.24, 2.45) is 0 Å². The van der Waals surface area contributed by atoms with Gasteiger partial charge in [-0.2, -0.15) is 5.10 Å². The first-order valence-electron chi connectivity index (χ1n) is 5.84. The molecule has 1 aromatic heterocycles. The first kappa shape index (κ1) is 13.0. The summed E-state index contributed by atoms with van der Waals surface area (Å²) in [4.78, 5) is 0. The van der Waals surface area contributed by atoms with Gasteiger partial charge in [0.05, 0.1) is 5.69 Å². The summed E-state index contributed by atoms with van der Waals surface area (Å²) in [5.74, 6) is 0.332. The van der Waals surface area contributed by atoms with E-state index in [1.165, 1.54) is 12.1 Å². The Bertz CT molecular complexity index is 791. The third-order valence-corrected chi connectivity index (χ3v) is 3.39. The number of H-pyrrole nitrogens is 1. The highest BCUT2D eigenvalue weighted by Gasteiger charge is 2.10.